The van der Waals surface area contributed by atoms with Gasteiger partial charge in [-0.05, 0) is 30.9 Å². The lowest BCUT2D eigenvalue weighted by atomic mass is 9.73. The fourth-order valence-electron chi connectivity index (χ4n) is 2.74. The van der Waals surface area contributed by atoms with Crippen LogP contribution in [0.25, 0.3) is 0 Å². The number of pyridine rings is 1. The zero-order chi connectivity index (χ0) is 16.0. The van der Waals surface area contributed by atoms with Crippen molar-refractivity contribution in [3.8, 4) is 0 Å². The van der Waals surface area contributed by atoms with Crippen molar-refractivity contribution in [2.75, 3.05) is 19.7 Å². The number of likely N-dealkylation sites (tertiary alicyclic amines) is 1. The van der Waals surface area contributed by atoms with Crippen molar-refractivity contribution in [1.29, 1.82) is 0 Å². The Bertz CT molecular complexity index is 510. The fraction of sp³-hybridized carbons (Fsp3) is 0.562. The van der Waals surface area contributed by atoms with Crippen molar-refractivity contribution in [1.82, 2.24) is 9.88 Å². The molecule has 1 aliphatic rings. The molecule has 6 heteroatoms. The van der Waals surface area contributed by atoms with Crippen molar-refractivity contribution < 1.29 is 19.4 Å². The molecule has 0 atom stereocenters. The highest BCUT2D eigenvalue weighted by molar-refractivity contribution is 5.82. The molecule has 1 saturated heterocycles. The molecule has 2 heterocycles. The standard InChI is InChI=1S/C16H22N2O4/c1-2-3-11-22-15(21)18-9-6-16(7-10-18,14(19)20)13-5-4-8-17-12-13/h4-5,8,12H,2-3,6-7,9-11H2,1H3,(H,19,20). The van der Waals surface area contributed by atoms with Crippen LogP contribution in [0.15, 0.2) is 24.5 Å². The van der Waals surface area contributed by atoms with Gasteiger partial charge in [-0.2, -0.15) is 0 Å². The molecule has 0 radical (unpaired) electrons. The molecule has 0 aromatic carbocycles. The summed E-state index contributed by atoms with van der Waals surface area (Å²) >= 11 is 0. The number of piperidine rings is 1. The Morgan fingerprint density at radius 3 is 2.68 bits per heavy atom. The van der Waals surface area contributed by atoms with Crippen molar-refractivity contribution in [2.24, 2.45) is 0 Å². The minimum atomic E-state index is -0.964. The van der Waals surface area contributed by atoms with Crippen LogP contribution in [0.1, 0.15) is 38.2 Å². The Hall–Kier alpha value is -2.11. The Morgan fingerprint density at radius 1 is 1.41 bits per heavy atom. The van der Waals surface area contributed by atoms with Crippen molar-refractivity contribution in [2.45, 2.75) is 38.0 Å². The van der Waals surface area contributed by atoms with Gasteiger partial charge >= 0.3 is 12.1 Å². The van der Waals surface area contributed by atoms with Crippen LogP contribution < -0.4 is 0 Å². The molecule has 0 unspecified atom stereocenters. The molecule has 1 N–H and O–H groups in total. The van der Waals surface area contributed by atoms with Gasteiger partial charge in [-0.25, -0.2) is 4.79 Å². The van der Waals surface area contributed by atoms with Crippen LogP contribution in [0.3, 0.4) is 0 Å². The SMILES string of the molecule is CCCCOC(=O)N1CCC(C(=O)O)(c2cccnc2)CC1. The van der Waals surface area contributed by atoms with E-state index in [0.717, 1.165) is 12.8 Å². The molecule has 1 aromatic heterocycles. The topological polar surface area (TPSA) is 79.7 Å². The van der Waals surface area contributed by atoms with Crippen LogP contribution in [0.4, 0.5) is 4.79 Å². The number of amides is 1. The van der Waals surface area contributed by atoms with Gasteiger partial charge in [-0.1, -0.05) is 19.4 Å². The molecule has 6 nitrogen and oxygen atoms in total. The quantitative estimate of drug-likeness (QED) is 0.845. The van der Waals surface area contributed by atoms with E-state index in [4.69, 9.17) is 4.74 Å². The molecule has 0 spiro atoms. The third kappa shape index (κ3) is 3.37. The van der Waals surface area contributed by atoms with E-state index in [2.05, 4.69) is 4.98 Å². The molecule has 0 saturated carbocycles. The second kappa shape index (κ2) is 7.24. The molecular formula is C16H22N2O4. The predicted molar refractivity (Wildman–Crippen MR) is 80.6 cm³/mol. The van der Waals surface area contributed by atoms with Crippen molar-refractivity contribution in [3.63, 3.8) is 0 Å². The number of carboxylic acids is 1. The van der Waals surface area contributed by atoms with E-state index < -0.39 is 11.4 Å². The van der Waals surface area contributed by atoms with E-state index >= 15 is 0 Å². The number of aromatic nitrogens is 1. The first-order valence-electron chi connectivity index (χ1n) is 7.66. The maximum Gasteiger partial charge on any atom is 0.409 e. The van der Waals surface area contributed by atoms with E-state index in [0.29, 0.717) is 38.1 Å². The highest BCUT2D eigenvalue weighted by Crippen LogP contribution is 2.35. The summed E-state index contributed by atoms with van der Waals surface area (Å²) in [5, 5.41) is 9.68. The zero-order valence-electron chi connectivity index (χ0n) is 12.8. The number of ether oxygens (including phenoxy) is 1. The second-order valence-electron chi connectivity index (χ2n) is 5.58. The number of carbonyl (C=O) groups excluding carboxylic acids is 1. The van der Waals surface area contributed by atoms with Crippen LogP contribution in [-0.2, 0) is 14.9 Å². The minimum Gasteiger partial charge on any atom is -0.481 e. The zero-order valence-corrected chi connectivity index (χ0v) is 12.8. The van der Waals surface area contributed by atoms with E-state index in [9.17, 15) is 14.7 Å². The fourth-order valence-corrected chi connectivity index (χ4v) is 2.74. The summed E-state index contributed by atoms with van der Waals surface area (Å²) in [6.45, 7) is 3.21. The largest absolute Gasteiger partial charge is 0.481 e. The van der Waals surface area contributed by atoms with Crippen molar-refractivity contribution in [3.05, 3.63) is 30.1 Å². The highest BCUT2D eigenvalue weighted by atomic mass is 16.6. The molecule has 1 aliphatic heterocycles. The Labute approximate surface area is 130 Å². The first kappa shape index (κ1) is 16.3. The Balaban J connectivity index is 2.02. The summed E-state index contributed by atoms with van der Waals surface area (Å²) in [5.41, 5.74) is -0.268. The van der Waals surface area contributed by atoms with E-state index in [1.54, 1.807) is 29.4 Å². The maximum absolute atomic E-state index is 11.9. The van der Waals surface area contributed by atoms with Crippen molar-refractivity contribution >= 4 is 12.1 Å². The summed E-state index contributed by atoms with van der Waals surface area (Å²) in [4.78, 5) is 29.3. The van der Waals surface area contributed by atoms with Gasteiger partial charge in [0.2, 0.25) is 0 Å². The monoisotopic (exact) mass is 306 g/mol. The number of nitrogens with zero attached hydrogens (tertiary/aromatic N) is 2. The maximum atomic E-state index is 11.9. The van der Waals surface area contributed by atoms with Gasteiger partial charge in [0.15, 0.2) is 0 Å². The van der Waals surface area contributed by atoms with E-state index in [1.165, 1.54) is 0 Å². The summed E-state index contributed by atoms with van der Waals surface area (Å²) in [7, 11) is 0. The highest BCUT2D eigenvalue weighted by Gasteiger charge is 2.44. The third-order valence-electron chi connectivity index (χ3n) is 4.22. The lowest BCUT2D eigenvalue weighted by Gasteiger charge is -2.38. The first-order chi connectivity index (χ1) is 10.6. The minimum absolute atomic E-state index is 0.348. The van der Waals surface area contributed by atoms with Gasteiger partial charge in [0.25, 0.3) is 0 Å². The normalized spacial score (nSPS) is 17.0. The van der Waals surface area contributed by atoms with Gasteiger partial charge in [-0.3, -0.25) is 9.78 Å². The third-order valence-corrected chi connectivity index (χ3v) is 4.22. The second-order valence-corrected chi connectivity index (χ2v) is 5.58. The van der Waals surface area contributed by atoms with Gasteiger partial charge in [0.05, 0.1) is 12.0 Å². The molecule has 120 valence electrons. The average Bonchev–Trinajstić information content (AvgIpc) is 2.55. The van der Waals surface area contributed by atoms with Gasteiger partial charge < -0.3 is 14.7 Å². The molecule has 0 bridgehead atoms. The van der Waals surface area contributed by atoms with E-state index in [1.807, 2.05) is 6.92 Å². The number of hydrogen-bond donors (Lipinski definition) is 1. The van der Waals surface area contributed by atoms with Crippen LogP contribution in [0, 0.1) is 0 Å². The van der Waals surface area contributed by atoms with Gasteiger partial charge in [-0.15, -0.1) is 0 Å². The van der Waals surface area contributed by atoms with Gasteiger partial charge in [0, 0.05) is 25.5 Å². The van der Waals surface area contributed by atoms with E-state index in [-0.39, 0.29) is 6.09 Å². The summed E-state index contributed by atoms with van der Waals surface area (Å²) < 4.78 is 5.18. The number of unbranched alkanes of at least 4 members (excludes halogenated alkanes) is 1. The molecule has 1 amide bonds. The summed E-state index contributed by atoms with van der Waals surface area (Å²) in [5.74, 6) is -0.862. The Morgan fingerprint density at radius 2 is 2.14 bits per heavy atom. The van der Waals surface area contributed by atoms with Crippen LogP contribution in [0.5, 0.6) is 0 Å². The number of aliphatic carboxylic acids is 1. The smallest absolute Gasteiger partial charge is 0.409 e. The molecule has 0 aliphatic carbocycles. The number of carboxylic acid groups (broad SMARTS) is 1. The number of carbonyl (C=O) groups is 2. The lowest BCUT2D eigenvalue weighted by molar-refractivity contribution is -0.145. The van der Waals surface area contributed by atoms with Crippen LogP contribution in [-0.4, -0.2) is 46.7 Å². The number of hydrogen-bond acceptors (Lipinski definition) is 4. The average molecular weight is 306 g/mol. The lowest BCUT2D eigenvalue weighted by Crippen LogP contribution is -2.49. The summed E-state index contributed by atoms with van der Waals surface area (Å²) in [6, 6.07) is 3.53. The first-order valence-corrected chi connectivity index (χ1v) is 7.66. The molecule has 2 rings (SSSR count). The molecule has 1 aromatic rings. The molecule has 22 heavy (non-hydrogen) atoms. The van der Waals surface area contributed by atoms with Crippen LogP contribution in [0.2, 0.25) is 0 Å². The predicted octanol–water partition coefficient (Wildman–Crippen LogP) is 2.44. The molecule has 1 fully saturated rings. The van der Waals surface area contributed by atoms with Crippen LogP contribution >= 0.6 is 0 Å². The number of rotatable bonds is 5. The Kier molecular flexibility index (Phi) is 5.35. The molecular weight excluding hydrogens is 284 g/mol. The summed E-state index contributed by atoms with van der Waals surface area (Å²) in [6.07, 6.45) is 5.43. The van der Waals surface area contributed by atoms with Gasteiger partial charge in [0.1, 0.15) is 0 Å².